The number of benzene rings is 2. The minimum absolute atomic E-state index is 0.0547. The molecule has 8 heteroatoms. The fourth-order valence-corrected chi connectivity index (χ4v) is 4.45. The molecule has 2 aromatic carbocycles. The van der Waals surface area contributed by atoms with Crippen LogP contribution in [0.4, 0.5) is 10.8 Å². The van der Waals surface area contributed by atoms with Crippen molar-refractivity contribution in [2.75, 3.05) is 11.1 Å². The first-order valence-corrected chi connectivity index (χ1v) is 11.2. The van der Waals surface area contributed by atoms with Crippen molar-refractivity contribution in [3.8, 4) is 0 Å². The molecule has 1 N–H and O–H groups in total. The zero-order valence-corrected chi connectivity index (χ0v) is 18.3. The van der Waals surface area contributed by atoms with Crippen molar-refractivity contribution in [2.24, 2.45) is 0 Å². The number of carbonyl (C=O) groups excluding carboxylic acids is 1. The second kappa shape index (κ2) is 10.2. The number of thiazole rings is 1. The standard InChI is InChI=1S/C22H21N3O3S2/c1-3-29-19-11-6-17(7-12-19)14-21-20(24-22(30-21)23-15(2)26)13-8-16-4-9-18(10-5-16)25(27)28/h4-13H,3,14H2,1-2H3,(H,23,24,26)/b13-8-. The van der Waals surface area contributed by atoms with Gasteiger partial charge in [0, 0.05) is 35.2 Å². The van der Waals surface area contributed by atoms with Gasteiger partial charge in [0.2, 0.25) is 5.91 Å². The van der Waals surface area contributed by atoms with E-state index in [4.69, 9.17) is 0 Å². The van der Waals surface area contributed by atoms with Crippen molar-refractivity contribution in [3.63, 3.8) is 0 Å². The summed E-state index contributed by atoms with van der Waals surface area (Å²) < 4.78 is 0. The van der Waals surface area contributed by atoms with E-state index in [0.29, 0.717) is 11.6 Å². The molecule has 0 bridgehead atoms. The van der Waals surface area contributed by atoms with Gasteiger partial charge in [0.05, 0.1) is 10.6 Å². The van der Waals surface area contributed by atoms with E-state index in [1.807, 2.05) is 12.2 Å². The third-order valence-corrected chi connectivity index (χ3v) is 6.03. The molecule has 0 aliphatic heterocycles. The highest BCUT2D eigenvalue weighted by Gasteiger charge is 2.11. The summed E-state index contributed by atoms with van der Waals surface area (Å²) in [5.41, 5.74) is 2.83. The first-order valence-electron chi connectivity index (χ1n) is 9.36. The Hall–Kier alpha value is -2.97. The van der Waals surface area contributed by atoms with Gasteiger partial charge in [0.15, 0.2) is 5.13 Å². The van der Waals surface area contributed by atoms with Gasteiger partial charge < -0.3 is 5.32 Å². The second-order valence-corrected chi connectivity index (χ2v) is 8.87. The van der Waals surface area contributed by atoms with Gasteiger partial charge in [0.1, 0.15) is 0 Å². The van der Waals surface area contributed by atoms with Crippen molar-refractivity contribution in [3.05, 3.63) is 80.3 Å². The van der Waals surface area contributed by atoms with Crippen molar-refractivity contribution in [1.29, 1.82) is 0 Å². The molecule has 154 valence electrons. The van der Waals surface area contributed by atoms with E-state index in [-0.39, 0.29) is 11.6 Å². The van der Waals surface area contributed by atoms with Gasteiger partial charge in [-0.15, -0.1) is 23.1 Å². The summed E-state index contributed by atoms with van der Waals surface area (Å²) >= 11 is 3.25. The number of carbonyl (C=O) groups is 1. The predicted octanol–water partition coefficient (Wildman–Crippen LogP) is 5.88. The van der Waals surface area contributed by atoms with Crippen LogP contribution in [0.25, 0.3) is 12.2 Å². The Kier molecular flexibility index (Phi) is 7.37. The van der Waals surface area contributed by atoms with Crippen LogP contribution in [-0.2, 0) is 11.2 Å². The average molecular weight is 440 g/mol. The number of rotatable bonds is 8. The average Bonchev–Trinajstić information content (AvgIpc) is 3.08. The van der Waals surface area contributed by atoms with Gasteiger partial charge in [0.25, 0.3) is 5.69 Å². The molecule has 0 aliphatic rings. The van der Waals surface area contributed by atoms with Crippen LogP contribution in [0.2, 0.25) is 0 Å². The molecule has 0 aliphatic carbocycles. The summed E-state index contributed by atoms with van der Waals surface area (Å²) in [5, 5.41) is 14.1. The fraction of sp³-hybridized carbons (Fsp3) is 0.182. The number of nitro groups is 1. The zero-order valence-electron chi connectivity index (χ0n) is 16.6. The number of anilines is 1. The summed E-state index contributed by atoms with van der Waals surface area (Å²) in [6.45, 7) is 3.58. The molecule has 30 heavy (non-hydrogen) atoms. The number of nitro benzene ring substituents is 1. The summed E-state index contributed by atoms with van der Waals surface area (Å²) in [7, 11) is 0. The molecule has 0 atom stereocenters. The van der Waals surface area contributed by atoms with Gasteiger partial charge in [-0.05, 0) is 47.2 Å². The molecule has 0 radical (unpaired) electrons. The van der Waals surface area contributed by atoms with Gasteiger partial charge >= 0.3 is 0 Å². The second-order valence-electron chi connectivity index (χ2n) is 6.44. The topological polar surface area (TPSA) is 85.1 Å². The summed E-state index contributed by atoms with van der Waals surface area (Å²) in [6.07, 6.45) is 4.44. The van der Waals surface area contributed by atoms with Crippen LogP contribution in [0.15, 0.2) is 53.4 Å². The van der Waals surface area contributed by atoms with E-state index >= 15 is 0 Å². The number of amides is 1. The van der Waals surface area contributed by atoms with Crippen molar-refractivity contribution in [1.82, 2.24) is 4.98 Å². The van der Waals surface area contributed by atoms with Crippen LogP contribution in [0, 0.1) is 10.1 Å². The SMILES string of the molecule is CCSc1ccc(Cc2sc(NC(C)=O)nc2/C=C\c2ccc([N+](=O)[O-])cc2)cc1. The molecule has 1 amide bonds. The minimum atomic E-state index is -0.421. The van der Waals surface area contributed by atoms with E-state index in [9.17, 15) is 14.9 Å². The van der Waals surface area contributed by atoms with Crippen LogP contribution in [-0.4, -0.2) is 21.6 Å². The monoisotopic (exact) mass is 439 g/mol. The fourth-order valence-electron chi connectivity index (χ4n) is 2.76. The number of non-ortho nitro benzene ring substituents is 1. The Morgan fingerprint density at radius 2 is 1.87 bits per heavy atom. The van der Waals surface area contributed by atoms with E-state index in [1.165, 1.54) is 40.9 Å². The summed E-state index contributed by atoms with van der Waals surface area (Å²) in [6, 6.07) is 14.8. The Bertz CT molecular complexity index is 1060. The summed E-state index contributed by atoms with van der Waals surface area (Å²) in [4.78, 5) is 28.6. The molecule has 0 saturated heterocycles. The van der Waals surface area contributed by atoms with E-state index in [2.05, 4.69) is 41.5 Å². The van der Waals surface area contributed by atoms with E-state index in [0.717, 1.165) is 21.9 Å². The largest absolute Gasteiger partial charge is 0.302 e. The Balaban J connectivity index is 1.83. The van der Waals surface area contributed by atoms with E-state index < -0.39 is 4.92 Å². The molecule has 3 aromatic rings. The minimum Gasteiger partial charge on any atom is -0.302 e. The first-order chi connectivity index (χ1) is 14.4. The number of hydrogen-bond acceptors (Lipinski definition) is 6. The maximum atomic E-state index is 11.4. The van der Waals surface area contributed by atoms with Crippen LogP contribution >= 0.6 is 23.1 Å². The lowest BCUT2D eigenvalue weighted by atomic mass is 10.1. The summed E-state index contributed by atoms with van der Waals surface area (Å²) in [5.74, 6) is 0.869. The number of nitrogens with one attached hydrogen (secondary N) is 1. The molecule has 1 heterocycles. The van der Waals surface area contributed by atoms with Crippen LogP contribution < -0.4 is 5.32 Å². The predicted molar refractivity (Wildman–Crippen MR) is 124 cm³/mol. The Morgan fingerprint density at radius 1 is 1.17 bits per heavy atom. The van der Waals surface area contributed by atoms with E-state index in [1.54, 1.807) is 23.9 Å². The highest BCUT2D eigenvalue weighted by Crippen LogP contribution is 2.28. The third kappa shape index (κ3) is 6.01. The lowest BCUT2D eigenvalue weighted by molar-refractivity contribution is -0.384. The van der Waals surface area contributed by atoms with Crippen molar-refractivity contribution in [2.45, 2.75) is 25.2 Å². The van der Waals surface area contributed by atoms with Gasteiger partial charge in [-0.2, -0.15) is 0 Å². The maximum Gasteiger partial charge on any atom is 0.269 e. The highest BCUT2D eigenvalue weighted by molar-refractivity contribution is 7.99. The number of aromatic nitrogens is 1. The molecule has 0 saturated carbocycles. The third-order valence-electron chi connectivity index (χ3n) is 4.15. The van der Waals surface area contributed by atoms with Gasteiger partial charge in [-0.25, -0.2) is 4.98 Å². The molecular formula is C22H21N3O3S2. The lowest BCUT2D eigenvalue weighted by Gasteiger charge is -2.03. The first kappa shape index (κ1) is 21.7. The molecule has 1 aromatic heterocycles. The lowest BCUT2D eigenvalue weighted by Crippen LogP contribution is -2.04. The molecular weight excluding hydrogens is 418 g/mol. The maximum absolute atomic E-state index is 11.4. The molecule has 6 nitrogen and oxygen atoms in total. The molecule has 0 spiro atoms. The molecule has 0 fully saturated rings. The smallest absolute Gasteiger partial charge is 0.269 e. The molecule has 3 rings (SSSR count). The number of hydrogen-bond donors (Lipinski definition) is 1. The normalized spacial score (nSPS) is 11.0. The van der Waals surface area contributed by atoms with Crippen LogP contribution in [0.3, 0.4) is 0 Å². The number of thioether (sulfide) groups is 1. The highest BCUT2D eigenvalue weighted by atomic mass is 32.2. The quantitative estimate of drug-likeness (QED) is 0.269. The van der Waals surface area contributed by atoms with Gasteiger partial charge in [-0.1, -0.05) is 25.1 Å². The van der Waals surface area contributed by atoms with Crippen molar-refractivity contribution >= 4 is 52.0 Å². The molecule has 0 unspecified atom stereocenters. The van der Waals surface area contributed by atoms with Gasteiger partial charge in [-0.3, -0.25) is 14.9 Å². The Morgan fingerprint density at radius 3 is 2.47 bits per heavy atom. The zero-order chi connectivity index (χ0) is 21.5. The number of nitrogens with zero attached hydrogens (tertiary/aromatic N) is 2. The van der Waals surface area contributed by atoms with Crippen LogP contribution in [0.5, 0.6) is 0 Å². The van der Waals surface area contributed by atoms with Crippen LogP contribution in [0.1, 0.15) is 35.5 Å². The van der Waals surface area contributed by atoms with Crippen molar-refractivity contribution < 1.29 is 9.72 Å². The Labute approximate surface area is 183 Å².